The van der Waals surface area contributed by atoms with Gasteiger partial charge in [0.15, 0.2) is 0 Å². The quantitative estimate of drug-likeness (QED) is 0.322. The van der Waals surface area contributed by atoms with Gasteiger partial charge in [0.2, 0.25) is 0 Å². The van der Waals surface area contributed by atoms with Crippen molar-refractivity contribution in [2.75, 3.05) is 12.5 Å². The predicted octanol–water partition coefficient (Wildman–Crippen LogP) is 8.71. The highest BCUT2D eigenvalue weighted by atomic mass is 32.3. The summed E-state index contributed by atoms with van der Waals surface area (Å²) in [5, 5.41) is 0. The van der Waals surface area contributed by atoms with Gasteiger partial charge in [-0.2, -0.15) is 0 Å². The first kappa shape index (κ1) is 23.5. The van der Waals surface area contributed by atoms with Crippen molar-refractivity contribution in [1.82, 2.24) is 9.97 Å². The summed E-state index contributed by atoms with van der Waals surface area (Å²) in [6.45, 7) is 0. The Morgan fingerprint density at radius 2 is 1.10 bits per heavy atom. The molecule has 30 heavy (non-hydrogen) atoms. The zero-order valence-corrected chi connectivity index (χ0v) is 22.7. The van der Waals surface area contributed by atoms with E-state index in [0.717, 1.165) is 11.5 Å². The monoisotopic (exact) mass is 542 g/mol. The van der Waals surface area contributed by atoms with E-state index in [2.05, 4.69) is 34.6 Å². The molecular weight excluding hydrogens is 525 g/mol. The van der Waals surface area contributed by atoms with Gasteiger partial charge in [0.05, 0.1) is 25.4 Å². The maximum absolute atomic E-state index is 4.26. The Morgan fingerprint density at radius 1 is 0.667 bits per heavy atom. The van der Waals surface area contributed by atoms with E-state index in [-0.39, 0.29) is 0 Å². The topological polar surface area (TPSA) is 25.8 Å². The molecule has 0 N–H and O–H groups in total. The van der Waals surface area contributed by atoms with E-state index in [1.807, 2.05) is 131 Å². The molecule has 0 aromatic carbocycles. The fourth-order valence-corrected chi connectivity index (χ4v) is 13.4. The summed E-state index contributed by atoms with van der Waals surface area (Å²) >= 11 is 15.3. The molecule has 4 heterocycles. The molecule has 156 valence electrons. The van der Waals surface area contributed by atoms with E-state index in [4.69, 9.17) is 0 Å². The van der Waals surface area contributed by atoms with E-state index in [0.29, 0.717) is 0 Å². The summed E-state index contributed by atoms with van der Waals surface area (Å²) < 4.78 is 8.52. The third-order valence-electron chi connectivity index (χ3n) is 3.80. The van der Waals surface area contributed by atoms with Crippen molar-refractivity contribution in [2.45, 2.75) is 11.5 Å². The minimum Gasteiger partial charge on any atom is -0.264 e. The van der Waals surface area contributed by atoms with Crippen LogP contribution in [0.25, 0.3) is 0 Å². The number of rotatable bonds is 8. The predicted molar refractivity (Wildman–Crippen MR) is 150 cm³/mol. The van der Waals surface area contributed by atoms with Crippen LogP contribution in [0.3, 0.4) is 0 Å². The molecular formula is C20H18N2S8. The van der Waals surface area contributed by atoms with E-state index in [1.54, 1.807) is 0 Å². The molecule has 0 aliphatic carbocycles. The first-order valence-electron chi connectivity index (χ1n) is 8.82. The van der Waals surface area contributed by atoms with E-state index in [9.17, 15) is 0 Å². The zero-order valence-electron chi connectivity index (χ0n) is 16.2. The molecule has 0 radical (unpaired) electrons. The van der Waals surface area contributed by atoms with Gasteiger partial charge in [-0.15, -0.1) is 47.0 Å². The first-order chi connectivity index (χ1) is 14.8. The average Bonchev–Trinajstić information content (AvgIpc) is 3.41. The average molecular weight is 543 g/mol. The normalized spacial score (nSPS) is 16.9. The summed E-state index contributed by atoms with van der Waals surface area (Å²) in [6, 6.07) is 8.32. The lowest BCUT2D eigenvalue weighted by Crippen LogP contribution is -1.83. The van der Waals surface area contributed by atoms with E-state index < -0.39 is 0 Å². The van der Waals surface area contributed by atoms with E-state index in [1.165, 1.54) is 36.5 Å². The largest absolute Gasteiger partial charge is 0.264 e. The van der Waals surface area contributed by atoms with Crippen LogP contribution in [0.5, 0.6) is 0 Å². The van der Waals surface area contributed by atoms with Crippen LogP contribution in [-0.4, -0.2) is 22.5 Å². The van der Waals surface area contributed by atoms with Gasteiger partial charge < -0.3 is 0 Å². The smallest absolute Gasteiger partial charge is 0.0717 e. The van der Waals surface area contributed by atoms with Crippen LogP contribution < -0.4 is 0 Å². The Bertz CT molecular complexity index is 897. The van der Waals surface area contributed by atoms with Crippen LogP contribution in [0.2, 0.25) is 0 Å². The highest BCUT2D eigenvalue weighted by Gasteiger charge is 2.30. The van der Waals surface area contributed by atoms with Gasteiger partial charge in [-0.25, -0.2) is 0 Å². The fourth-order valence-electron chi connectivity index (χ4n) is 2.40. The lowest BCUT2D eigenvalue weighted by atomic mass is 10.3. The number of hydrogen-bond donors (Lipinski definition) is 0. The third kappa shape index (κ3) is 6.21. The molecule has 0 fully saturated rings. The van der Waals surface area contributed by atoms with Crippen molar-refractivity contribution in [3.05, 3.63) is 85.6 Å². The lowest BCUT2D eigenvalue weighted by Gasteiger charge is -2.05. The van der Waals surface area contributed by atoms with Gasteiger partial charge in [-0.3, -0.25) is 9.97 Å². The van der Waals surface area contributed by atoms with E-state index >= 15 is 0 Å². The van der Waals surface area contributed by atoms with Crippen LogP contribution in [-0.2, 0) is 11.5 Å². The lowest BCUT2D eigenvalue weighted by molar-refractivity contribution is 1.25. The first-order valence-corrected chi connectivity index (χ1v) is 16.5. The molecule has 0 saturated heterocycles. The Labute approximate surface area is 211 Å². The molecule has 0 unspecified atom stereocenters. The number of pyridine rings is 2. The van der Waals surface area contributed by atoms with Crippen molar-refractivity contribution in [2.24, 2.45) is 0 Å². The number of hydrogen-bond acceptors (Lipinski definition) is 10. The Balaban J connectivity index is 1.49. The SMILES string of the molecule is CSC1=C(SC)SC(=C2SC(SCc3cccnc3)=C(SCc3cccnc3)S2)S1. The summed E-state index contributed by atoms with van der Waals surface area (Å²) in [5.74, 6) is 1.89. The van der Waals surface area contributed by atoms with Crippen LogP contribution >= 0.6 is 94.1 Å². The van der Waals surface area contributed by atoms with Crippen LogP contribution in [0, 0.1) is 0 Å². The minimum atomic E-state index is 0.945. The van der Waals surface area contributed by atoms with Gasteiger partial charge in [0, 0.05) is 36.3 Å². The molecule has 2 aromatic heterocycles. The van der Waals surface area contributed by atoms with Crippen LogP contribution in [0.4, 0.5) is 0 Å². The maximum Gasteiger partial charge on any atom is 0.0717 e. The Morgan fingerprint density at radius 3 is 1.47 bits per heavy atom. The summed E-state index contributed by atoms with van der Waals surface area (Å²) in [4.78, 5) is 8.52. The van der Waals surface area contributed by atoms with Crippen molar-refractivity contribution < 1.29 is 0 Å². The molecule has 0 amide bonds. The molecule has 0 spiro atoms. The van der Waals surface area contributed by atoms with Crippen molar-refractivity contribution >= 4 is 94.1 Å². The second kappa shape index (κ2) is 12.0. The number of aromatic nitrogens is 2. The summed E-state index contributed by atoms with van der Waals surface area (Å²) in [6.07, 6.45) is 11.9. The molecule has 2 aromatic rings. The minimum absolute atomic E-state index is 0.945. The molecule has 10 heteroatoms. The number of thioether (sulfide) groups is 8. The van der Waals surface area contributed by atoms with Gasteiger partial charge in [0.1, 0.15) is 0 Å². The van der Waals surface area contributed by atoms with Gasteiger partial charge >= 0.3 is 0 Å². The standard InChI is InChI=1S/C20H18N2S8/c1-23-15-16(24-2)28-19(27-15)20-29-17(25-11-13-5-3-7-21-9-13)18(30-20)26-12-14-6-4-8-22-10-14/h3-10H,11-12H2,1-2H3. The summed E-state index contributed by atoms with van der Waals surface area (Å²) in [5.41, 5.74) is 2.53. The second-order valence-electron chi connectivity index (χ2n) is 5.84. The Kier molecular flexibility index (Phi) is 9.37. The van der Waals surface area contributed by atoms with Gasteiger partial charge in [-0.1, -0.05) is 59.2 Å². The fraction of sp³-hybridized carbons (Fsp3) is 0.200. The van der Waals surface area contributed by atoms with Crippen LogP contribution in [0.1, 0.15) is 11.1 Å². The zero-order chi connectivity index (χ0) is 20.8. The second-order valence-corrected chi connectivity index (χ2v) is 15.1. The Hall–Kier alpha value is 0.320. The molecule has 2 aliphatic rings. The highest BCUT2D eigenvalue weighted by molar-refractivity contribution is 8.44. The molecule has 0 saturated carbocycles. The third-order valence-corrected chi connectivity index (χ3v) is 15.2. The van der Waals surface area contributed by atoms with Gasteiger partial charge in [-0.05, 0) is 35.8 Å². The molecule has 2 nitrogen and oxygen atoms in total. The molecule has 0 atom stereocenters. The molecule has 0 bridgehead atoms. The molecule has 4 rings (SSSR count). The molecule has 2 aliphatic heterocycles. The van der Waals surface area contributed by atoms with Crippen LogP contribution in [0.15, 0.2) is 74.5 Å². The van der Waals surface area contributed by atoms with Gasteiger partial charge in [0.25, 0.3) is 0 Å². The number of nitrogens with zero attached hydrogens (tertiary/aromatic N) is 2. The highest BCUT2D eigenvalue weighted by Crippen LogP contribution is 2.66. The maximum atomic E-state index is 4.26. The van der Waals surface area contributed by atoms with Crippen molar-refractivity contribution in [3.8, 4) is 0 Å². The van der Waals surface area contributed by atoms with Crippen molar-refractivity contribution in [3.63, 3.8) is 0 Å². The van der Waals surface area contributed by atoms with Crippen molar-refractivity contribution in [1.29, 1.82) is 0 Å². The summed E-state index contributed by atoms with van der Waals surface area (Å²) in [7, 11) is 0.